The molecule has 1 rings (SSSR count). The summed E-state index contributed by atoms with van der Waals surface area (Å²) >= 11 is 0. The molecule has 15 heavy (non-hydrogen) atoms. The Morgan fingerprint density at radius 2 is 2.13 bits per heavy atom. The number of nitrogens with two attached hydrogens (primary N) is 1. The lowest BCUT2D eigenvalue weighted by Crippen LogP contribution is -2.58. The van der Waals surface area contributed by atoms with Crippen LogP contribution in [-0.4, -0.2) is 18.6 Å². The van der Waals surface area contributed by atoms with Gasteiger partial charge in [-0.2, -0.15) is 0 Å². The van der Waals surface area contributed by atoms with Crippen LogP contribution >= 0.6 is 0 Å². The van der Waals surface area contributed by atoms with E-state index in [0.29, 0.717) is 5.92 Å². The molecule has 0 aromatic rings. The van der Waals surface area contributed by atoms with Gasteiger partial charge in [-0.3, -0.25) is 5.32 Å². The van der Waals surface area contributed by atoms with Crippen molar-refractivity contribution in [3.63, 3.8) is 0 Å². The summed E-state index contributed by atoms with van der Waals surface area (Å²) in [4.78, 5) is 0. The maximum atomic E-state index is 5.96. The molecule has 0 bridgehead atoms. The minimum Gasteiger partial charge on any atom is -0.329 e. The van der Waals surface area contributed by atoms with E-state index in [9.17, 15) is 0 Å². The largest absolute Gasteiger partial charge is 0.329 e. The maximum Gasteiger partial charge on any atom is 0.0581 e. The number of nitrogens with one attached hydrogen (secondary N) is 1. The van der Waals surface area contributed by atoms with Crippen LogP contribution in [0.5, 0.6) is 0 Å². The first-order valence-corrected chi connectivity index (χ1v) is 5.99. The van der Waals surface area contributed by atoms with Crippen molar-refractivity contribution in [3.8, 4) is 11.8 Å². The fraction of sp³-hybridized carbons (Fsp3) is 0.846. The quantitative estimate of drug-likeness (QED) is 0.694. The summed E-state index contributed by atoms with van der Waals surface area (Å²) < 4.78 is 0. The third-order valence-corrected chi connectivity index (χ3v) is 3.82. The normalized spacial score (nSPS) is 35.7. The summed E-state index contributed by atoms with van der Waals surface area (Å²) in [6.07, 6.45) is 3.81. The van der Waals surface area contributed by atoms with Crippen LogP contribution in [-0.2, 0) is 0 Å². The summed E-state index contributed by atoms with van der Waals surface area (Å²) in [6, 6.07) is 0. The second kappa shape index (κ2) is 5.53. The zero-order valence-electron chi connectivity index (χ0n) is 10.3. The Morgan fingerprint density at radius 1 is 1.40 bits per heavy atom. The Kier molecular flexibility index (Phi) is 4.63. The van der Waals surface area contributed by atoms with Crippen molar-refractivity contribution in [2.24, 2.45) is 17.6 Å². The van der Waals surface area contributed by atoms with Gasteiger partial charge in [-0.15, -0.1) is 5.92 Å². The van der Waals surface area contributed by atoms with Gasteiger partial charge < -0.3 is 5.73 Å². The van der Waals surface area contributed by atoms with Crippen LogP contribution in [0.2, 0.25) is 0 Å². The van der Waals surface area contributed by atoms with Crippen LogP contribution in [0.1, 0.15) is 40.0 Å². The molecule has 0 aromatic carbocycles. The molecule has 0 aliphatic heterocycles. The van der Waals surface area contributed by atoms with Gasteiger partial charge in [-0.25, -0.2) is 0 Å². The number of hydrogen-bond acceptors (Lipinski definition) is 2. The van der Waals surface area contributed by atoms with E-state index >= 15 is 0 Å². The van der Waals surface area contributed by atoms with E-state index in [4.69, 9.17) is 5.73 Å². The standard InChI is InChI=1S/C13H24N2/c1-4-5-8-15-13(10-14)9-11(2)6-7-12(13)3/h11-12,15H,6-10,14H2,1-3H3. The predicted octanol–water partition coefficient (Wildman–Crippen LogP) is 1.75. The molecule has 2 heteroatoms. The first-order chi connectivity index (χ1) is 7.14. The van der Waals surface area contributed by atoms with Crippen molar-refractivity contribution in [1.29, 1.82) is 0 Å². The Labute approximate surface area is 94.0 Å². The molecular formula is C13H24N2. The van der Waals surface area contributed by atoms with E-state index in [2.05, 4.69) is 31.0 Å². The van der Waals surface area contributed by atoms with Gasteiger partial charge in [0.05, 0.1) is 6.54 Å². The predicted molar refractivity (Wildman–Crippen MR) is 65.4 cm³/mol. The van der Waals surface area contributed by atoms with E-state index in [1.54, 1.807) is 0 Å². The summed E-state index contributed by atoms with van der Waals surface area (Å²) in [6.45, 7) is 8.01. The maximum absolute atomic E-state index is 5.96. The third kappa shape index (κ3) is 2.96. The second-order valence-corrected chi connectivity index (χ2v) is 4.93. The molecule has 3 unspecified atom stereocenters. The van der Waals surface area contributed by atoms with Gasteiger partial charge in [0, 0.05) is 12.1 Å². The molecule has 0 radical (unpaired) electrons. The fourth-order valence-corrected chi connectivity index (χ4v) is 2.65. The SMILES string of the molecule is CC#CCNC1(CN)CC(C)CCC1C. The monoisotopic (exact) mass is 208 g/mol. The number of rotatable bonds is 3. The van der Waals surface area contributed by atoms with Crippen LogP contribution in [0.4, 0.5) is 0 Å². The molecule has 1 aliphatic carbocycles. The molecule has 1 saturated carbocycles. The van der Waals surface area contributed by atoms with Crippen LogP contribution in [0.15, 0.2) is 0 Å². The molecule has 3 atom stereocenters. The van der Waals surface area contributed by atoms with Gasteiger partial charge >= 0.3 is 0 Å². The molecule has 86 valence electrons. The Bertz CT molecular complexity index is 251. The highest BCUT2D eigenvalue weighted by molar-refractivity contribution is 5.04. The molecule has 2 nitrogen and oxygen atoms in total. The summed E-state index contributed by atoms with van der Waals surface area (Å²) in [5.41, 5.74) is 6.09. The van der Waals surface area contributed by atoms with Gasteiger partial charge in [0.25, 0.3) is 0 Å². The molecular weight excluding hydrogens is 184 g/mol. The van der Waals surface area contributed by atoms with Crippen LogP contribution < -0.4 is 11.1 Å². The molecule has 0 saturated heterocycles. The van der Waals surface area contributed by atoms with E-state index in [-0.39, 0.29) is 5.54 Å². The highest BCUT2D eigenvalue weighted by Crippen LogP contribution is 2.36. The molecule has 0 aromatic heterocycles. The Morgan fingerprint density at radius 3 is 2.73 bits per heavy atom. The van der Waals surface area contributed by atoms with Crippen molar-refractivity contribution < 1.29 is 0 Å². The van der Waals surface area contributed by atoms with Crippen LogP contribution in [0, 0.1) is 23.7 Å². The average molecular weight is 208 g/mol. The highest BCUT2D eigenvalue weighted by Gasteiger charge is 2.38. The molecule has 0 heterocycles. The smallest absolute Gasteiger partial charge is 0.0581 e. The van der Waals surface area contributed by atoms with Gasteiger partial charge in [-0.1, -0.05) is 26.2 Å². The first kappa shape index (κ1) is 12.5. The summed E-state index contributed by atoms with van der Waals surface area (Å²) in [5.74, 6) is 7.44. The zero-order valence-corrected chi connectivity index (χ0v) is 10.3. The van der Waals surface area contributed by atoms with E-state index in [1.165, 1.54) is 19.3 Å². The Balaban J connectivity index is 2.65. The highest BCUT2D eigenvalue weighted by atomic mass is 15.0. The van der Waals surface area contributed by atoms with Crippen molar-refractivity contribution in [2.75, 3.05) is 13.1 Å². The van der Waals surface area contributed by atoms with Gasteiger partial charge in [-0.05, 0) is 31.6 Å². The summed E-state index contributed by atoms with van der Waals surface area (Å²) in [5, 5.41) is 3.57. The van der Waals surface area contributed by atoms with E-state index in [1.807, 2.05) is 6.92 Å². The van der Waals surface area contributed by atoms with Crippen molar-refractivity contribution >= 4 is 0 Å². The molecule has 0 spiro atoms. The average Bonchev–Trinajstić information content (AvgIpc) is 2.23. The minimum absolute atomic E-state index is 0.127. The van der Waals surface area contributed by atoms with E-state index < -0.39 is 0 Å². The molecule has 1 fully saturated rings. The van der Waals surface area contributed by atoms with E-state index in [0.717, 1.165) is 19.0 Å². The van der Waals surface area contributed by atoms with Crippen LogP contribution in [0.3, 0.4) is 0 Å². The van der Waals surface area contributed by atoms with Crippen LogP contribution in [0.25, 0.3) is 0 Å². The van der Waals surface area contributed by atoms with Crippen molar-refractivity contribution in [3.05, 3.63) is 0 Å². The van der Waals surface area contributed by atoms with Crippen molar-refractivity contribution in [1.82, 2.24) is 5.32 Å². The van der Waals surface area contributed by atoms with Gasteiger partial charge in [0.1, 0.15) is 0 Å². The summed E-state index contributed by atoms with van der Waals surface area (Å²) in [7, 11) is 0. The zero-order chi connectivity index (χ0) is 11.3. The first-order valence-electron chi connectivity index (χ1n) is 5.99. The topological polar surface area (TPSA) is 38.0 Å². The lowest BCUT2D eigenvalue weighted by atomic mass is 9.69. The molecule has 3 N–H and O–H groups in total. The van der Waals surface area contributed by atoms with Crippen molar-refractivity contribution in [2.45, 2.75) is 45.6 Å². The molecule has 0 amide bonds. The fourth-order valence-electron chi connectivity index (χ4n) is 2.65. The van der Waals surface area contributed by atoms with Gasteiger partial charge in [0.15, 0.2) is 0 Å². The lowest BCUT2D eigenvalue weighted by Gasteiger charge is -2.45. The Hall–Kier alpha value is -0.520. The second-order valence-electron chi connectivity index (χ2n) is 4.93. The van der Waals surface area contributed by atoms with Gasteiger partial charge in [0.2, 0.25) is 0 Å². The lowest BCUT2D eigenvalue weighted by molar-refractivity contribution is 0.131. The number of hydrogen-bond donors (Lipinski definition) is 2. The third-order valence-electron chi connectivity index (χ3n) is 3.82. The molecule has 1 aliphatic rings. The minimum atomic E-state index is 0.127.